The van der Waals surface area contributed by atoms with E-state index in [1.54, 1.807) is 0 Å². The molecule has 1 saturated heterocycles. The molecule has 1 aliphatic heterocycles. The zero-order valence-corrected chi connectivity index (χ0v) is 19.9. The van der Waals surface area contributed by atoms with Crippen LogP contribution in [0, 0.1) is 0 Å². The van der Waals surface area contributed by atoms with Gasteiger partial charge in [-0.15, -0.1) is 0 Å². The van der Waals surface area contributed by atoms with Crippen molar-refractivity contribution in [1.29, 1.82) is 0 Å². The molecular formula is C27H33N5S. The lowest BCUT2D eigenvalue weighted by Crippen LogP contribution is -2.33. The molecule has 2 fully saturated rings. The number of nitrogens with one attached hydrogen (secondary N) is 2. The largest absolute Gasteiger partial charge is 0.385 e. The predicted molar refractivity (Wildman–Crippen MR) is 138 cm³/mol. The van der Waals surface area contributed by atoms with Crippen LogP contribution >= 0.6 is 12.2 Å². The smallest absolute Gasteiger partial charge is 0.170 e. The fourth-order valence-corrected chi connectivity index (χ4v) is 5.69. The Morgan fingerprint density at radius 2 is 1.79 bits per heavy atom. The summed E-state index contributed by atoms with van der Waals surface area (Å²) in [5.74, 6) is 0. The SMILES string of the molecule is S=C1N[C@H](c2ccccn2)[C@H](c2cccn2C2CCCCC2)N1CCCNc1ccccc1. The van der Waals surface area contributed by atoms with Gasteiger partial charge in [0.05, 0.1) is 17.8 Å². The number of hydrogen-bond acceptors (Lipinski definition) is 3. The monoisotopic (exact) mass is 459 g/mol. The van der Waals surface area contributed by atoms with Crippen LogP contribution in [-0.4, -0.2) is 32.7 Å². The molecule has 3 heterocycles. The maximum absolute atomic E-state index is 5.87. The molecule has 2 aromatic heterocycles. The van der Waals surface area contributed by atoms with Crippen molar-refractivity contribution < 1.29 is 0 Å². The van der Waals surface area contributed by atoms with Crippen LogP contribution in [0.1, 0.15) is 68.0 Å². The van der Waals surface area contributed by atoms with E-state index in [-0.39, 0.29) is 12.1 Å². The third-order valence-electron chi connectivity index (χ3n) is 6.96. The normalized spacial score (nSPS) is 21.2. The molecule has 3 aromatic rings. The van der Waals surface area contributed by atoms with Crippen LogP contribution in [-0.2, 0) is 0 Å². The second kappa shape index (κ2) is 10.4. The lowest BCUT2D eigenvalue weighted by atomic mass is 9.94. The van der Waals surface area contributed by atoms with Crippen LogP contribution in [0.25, 0.3) is 0 Å². The van der Waals surface area contributed by atoms with E-state index < -0.39 is 0 Å². The van der Waals surface area contributed by atoms with E-state index >= 15 is 0 Å². The highest BCUT2D eigenvalue weighted by Crippen LogP contribution is 2.41. The fourth-order valence-electron chi connectivity index (χ4n) is 5.36. The molecule has 0 spiro atoms. The number of benzene rings is 1. The predicted octanol–water partition coefficient (Wildman–Crippen LogP) is 5.86. The van der Waals surface area contributed by atoms with Gasteiger partial charge in [0.2, 0.25) is 0 Å². The van der Waals surface area contributed by atoms with Crippen LogP contribution in [0.5, 0.6) is 0 Å². The molecule has 0 unspecified atom stereocenters. The first-order valence-corrected chi connectivity index (χ1v) is 12.7. The van der Waals surface area contributed by atoms with E-state index in [9.17, 15) is 0 Å². The average Bonchev–Trinajstić information content (AvgIpc) is 3.48. The van der Waals surface area contributed by atoms with Gasteiger partial charge in [0.1, 0.15) is 0 Å². The number of anilines is 1. The molecule has 172 valence electrons. The van der Waals surface area contributed by atoms with Crippen molar-refractivity contribution in [2.24, 2.45) is 0 Å². The summed E-state index contributed by atoms with van der Waals surface area (Å²) >= 11 is 5.87. The zero-order chi connectivity index (χ0) is 22.5. The minimum atomic E-state index is 0.0537. The first-order chi connectivity index (χ1) is 16.3. The highest BCUT2D eigenvalue weighted by Gasteiger charge is 2.41. The molecular weight excluding hydrogens is 426 g/mol. The van der Waals surface area contributed by atoms with Gasteiger partial charge in [-0.1, -0.05) is 43.5 Å². The van der Waals surface area contributed by atoms with Gasteiger partial charge in [0, 0.05) is 42.9 Å². The Morgan fingerprint density at radius 3 is 2.58 bits per heavy atom. The summed E-state index contributed by atoms with van der Waals surface area (Å²) in [6.07, 6.45) is 11.7. The van der Waals surface area contributed by atoms with E-state index in [4.69, 9.17) is 17.2 Å². The number of thiocarbonyl (C=S) groups is 1. The van der Waals surface area contributed by atoms with Gasteiger partial charge in [-0.3, -0.25) is 4.98 Å². The minimum absolute atomic E-state index is 0.0537. The molecule has 1 saturated carbocycles. The lowest BCUT2D eigenvalue weighted by Gasteiger charge is -2.32. The summed E-state index contributed by atoms with van der Waals surface area (Å²) in [5.41, 5.74) is 3.56. The van der Waals surface area contributed by atoms with Crippen molar-refractivity contribution in [2.45, 2.75) is 56.7 Å². The van der Waals surface area contributed by atoms with Crippen molar-refractivity contribution in [2.75, 3.05) is 18.4 Å². The molecule has 6 heteroatoms. The first-order valence-electron chi connectivity index (χ1n) is 12.2. The second-order valence-corrected chi connectivity index (χ2v) is 9.49. The van der Waals surface area contributed by atoms with Gasteiger partial charge in [-0.05, 0) is 67.9 Å². The van der Waals surface area contributed by atoms with Crippen molar-refractivity contribution in [3.8, 4) is 0 Å². The third-order valence-corrected chi connectivity index (χ3v) is 7.31. The fraction of sp³-hybridized carbons (Fsp3) is 0.407. The molecule has 0 amide bonds. The van der Waals surface area contributed by atoms with Crippen LogP contribution in [0.15, 0.2) is 73.1 Å². The highest BCUT2D eigenvalue weighted by molar-refractivity contribution is 7.80. The molecule has 0 radical (unpaired) electrons. The summed E-state index contributed by atoms with van der Waals surface area (Å²) in [4.78, 5) is 7.08. The summed E-state index contributed by atoms with van der Waals surface area (Å²) in [6.45, 7) is 1.81. The summed E-state index contributed by atoms with van der Waals surface area (Å²) < 4.78 is 2.53. The second-order valence-electron chi connectivity index (χ2n) is 9.10. The maximum atomic E-state index is 5.87. The third kappa shape index (κ3) is 4.91. The van der Waals surface area contributed by atoms with E-state index in [2.05, 4.69) is 74.8 Å². The molecule has 5 nitrogen and oxygen atoms in total. The minimum Gasteiger partial charge on any atom is -0.385 e. The highest BCUT2D eigenvalue weighted by atomic mass is 32.1. The van der Waals surface area contributed by atoms with Crippen LogP contribution in [0.3, 0.4) is 0 Å². The molecule has 0 bridgehead atoms. The van der Waals surface area contributed by atoms with E-state index in [1.807, 2.05) is 18.3 Å². The van der Waals surface area contributed by atoms with Crippen molar-refractivity contribution in [1.82, 2.24) is 19.8 Å². The van der Waals surface area contributed by atoms with E-state index in [1.165, 1.54) is 37.8 Å². The van der Waals surface area contributed by atoms with Crippen molar-refractivity contribution >= 4 is 23.0 Å². The Morgan fingerprint density at radius 1 is 0.970 bits per heavy atom. The summed E-state index contributed by atoms with van der Waals surface area (Å²) in [5, 5.41) is 7.97. The molecule has 1 aliphatic carbocycles. The topological polar surface area (TPSA) is 45.1 Å². The van der Waals surface area contributed by atoms with Gasteiger partial charge in [0.15, 0.2) is 5.11 Å². The average molecular weight is 460 g/mol. The van der Waals surface area contributed by atoms with E-state index in [0.717, 1.165) is 36.0 Å². The Kier molecular flexibility index (Phi) is 6.91. The number of aromatic nitrogens is 2. The molecule has 1 aromatic carbocycles. The molecule has 5 rings (SSSR count). The zero-order valence-electron chi connectivity index (χ0n) is 19.1. The molecule has 2 atom stereocenters. The molecule has 2 N–H and O–H groups in total. The van der Waals surface area contributed by atoms with Crippen LogP contribution < -0.4 is 10.6 Å². The van der Waals surface area contributed by atoms with Crippen LogP contribution in [0.2, 0.25) is 0 Å². The Labute approximate surface area is 202 Å². The Hall–Kier alpha value is -2.86. The Bertz CT molecular complexity index is 1030. The molecule has 2 aliphatic rings. The Balaban J connectivity index is 1.37. The number of pyridine rings is 1. The van der Waals surface area contributed by atoms with Crippen LogP contribution in [0.4, 0.5) is 5.69 Å². The van der Waals surface area contributed by atoms with Gasteiger partial charge < -0.3 is 20.1 Å². The van der Waals surface area contributed by atoms with Gasteiger partial charge >= 0.3 is 0 Å². The number of nitrogens with zero attached hydrogens (tertiary/aromatic N) is 3. The van der Waals surface area contributed by atoms with Gasteiger partial charge in [-0.25, -0.2) is 0 Å². The van der Waals surface area contributed by atoms with E-state index in [0.29, 0.717) is 6.04 Å². The van der Waals surface area contributed by atoms with Gasteiger partial charge in [-0.2, -0.15) is 0 Å². The summed E-state index contributed by atoms with van der Waals surface area (Å²) in [7, 11) is 0. The number of rotatable bonds is 8. The quantitative estimate of drug-likeness (QED) is 0.326. The maximum Gasteiger partial charge on any atom is 0.170 e. The van der Waals surface area contributed by atoms with Crippen molar-refractivity contribution in [3.05, 3.63) is 84.4 Å². The summed E-state index contributed by atoms with van der Waals surface area (Å²) in [6, 6.07) is 21.8. The first kappa shape index (κ1) is 22.0. The lowest BCUT2D eigenvalue weighted by molar-refractivity contribution is 0.279. The standard InChI is InChI=1S/C27H33N5S/c33-27-30-25(23-15-7-8-17-29-23)26(24-16-9-19-31(24)22-13-5-2-6-14-22)32(27)20-10-18-28-21-11-3-1-4-12-21/h1,3-4,7-9,11-12,15-17,19,22,25-26,28H,2,5-6,10,13-14,18,20H2,(H,30,33)/t25-,26+/m1/s1. The molecule has 33 heavy (non-hydrogen) atoms. The number of para-hydroxylation sites is 1. The number of hydrogen-bond donors (Lipinski definition) is 2. The van der Waals surface area contributed by atoms with Gasteiger partial charge in [0.25, 0.3) is 0 Å². The van der Waals surface area contributed by atoms with Crippen molar-refractivity contribution in [3.63, 3.8) is 0 Å².